The molecule has 0 unspecified atom stereocenters. The minimum atomic E-state index is -0.263. The number of amides is 1. The molecule has 0 spiro atoms. The maximum Gasteiger partial charge on any atom is 0.271 e. The lowest BCUT2D eigenvalue weighted by Crippen LogP contribution is -2.24. The third-order valence-electron chi connectivity index (χ3n) is 3.57. The molecule has 3 aromatic rings. The van der Waals surface area contributed by atoms with Crippen molar-refractivity contribution in [1.82, 2.24) is 15.3 Å². The Morgan fingerprint density at radius 3 is 2.83 bits per heavy atom. The molecule has 2 aromatic carbocycles. The van der Waals surface area contributed by atoms with Crippen LogP contribution in [-0.2, 0) is 6.54 Å². The lowest BCUT2D eigenvalue weighted by molar-refractivity contribution is 0.0946. The zero-order valence-electron chi connectivity index (χ0n) is 12.2. The van der Waals surface area contributed by atoms with Gasteiger partial charge in [-0.15, -0.1) is 0 Å². The van der Waals surface area contributed by atoms with E-state index >= 15 is 0 Å². The molecule has 1 amide bonds. The predicted molar refractivity (Wildman–Crippen MR) is 83.3 cm³/mol. The molecule has 2 heterocycles. The zero-order valence-corrected chi connectivity index (χ0v) is 12.2. The molecule has 0 bridgehead atoms. The molecule has 0 radical (unpaired) electrons. The fourth-order valence-electron chi connectivity index (χ4n) is 2.39. The summed E-state index contributed by atoms with van der Waals surface area (Å²) in [5, 5.41) is 2.83. The molecular weight excluding hydrogens is 294 g/mol. The van der Waals surface area contributed by atoms with Crippen LogP contribution in [0.2, 0.25) is 0 Å². The van der Waals surface area contributed by atoms with Crippen LogP contribution >= 0.6 is 0 Å². The molecule has 1 aliphatic rings. The van der Waals surface area contributed by atoms with Gasteiger partial charge in [0, 0.05) is 6.54 Å². The summed E-state index contributed by atoms with van der Waals surface area (Å²) in [4.78, 5) is 20.8. The molecule has 0 aliphatic carbocycles. The van der Waals surface area contributed by atoms with E-state index in [1.807, 2.05) is 42.5 Å². The number of carbonyl (C=O) groups is 1. The van der Waals surface area contributed by atoms with Crippen LogP contribution in [0.1, 0.15) is 16.1 Å². The summed E-state index contributed by atoms with van der Waals surface area (Å²) in [5.74, 6) is 1.16. The molecule has 6 heteroatoms. The number of carbonyl (C=O) groups excluding carboxylic acids is 1. The van der Waals surface area contributed by atoms with E-state index in [9.17, 15) is 4.79 Å². The van der Waals surface area contributed by atoms with Crippen molar-refractivity contribution in [2.45, 2.75) is 6.54 Å². The summed E-state index contributed by atoms with van der Waals surface area (Å²) in [5.41, 5.74) is 2.68. The normalized spacial score (nSPS) is 12.3. The van der Waals surface area contributed by atoms with Gasteiger partial charge < -0.3 is 14.8 Å². The van der Waals surface area contributed by atoms with Crippen LogP contribution in [0, 0.1) is 0 Å². The molecule has 0 saturated carbocycles. The maximum absolute atomic E-state index is 12.2. The summed E-state index contributed by atoms with van der Waals surface area (Å²) in [6, 6.07) is 13.0. The van der Waals surface area contributed by atoms with Gasteiger partial charge in [-0.25, -0.2) is 4.98 Å². The zero-order chi connectivity index (χ0) is 15.6. The van der Waals surface area contributed by atoms with Crippen LogP contribution in [0.5, 0.6) is 11.5 Å². The van der Waals surface area contributed by atoms with Gasteiger partial charge >= 0.3 is 0 Å². The quantitative estimate of drug-likeness (QED) is 0.803. The van der Waals surface area contributed by atoms with E-state index in [2.05, 4.69) is 15.3 Å². The van der Waals surface area contributed by atoms with Crippen LogP contribution < -0.4 is 14.8 Å². The van der Waals surface area contributed by atoms with Gasteiger partial charge in [-0.05, 0) is 29.8 Å². The molecule has 1 N–H and O–H groups in total. The fraction of sp³-hybridized carbons (Fsp3) is 0.118. The summed E-state index contributed by atoms with van der Waals surface area (Å²) in [6.07, 6.45) is 1.48. The number of hydrogen-bond acceptors (Lipinski definition) is 5. The first-order chi connectivity index (χ1) is 11.3. The Morgan fingerprint density at radius 1 is 1.09 bits per heavy atom. The van der Waals surface area contributed by atoms with E-state index in [1.165, 1.54) is 6.20 Å². The number of nitrogens with one attached hydrogen (secondary N) is 1. The van der Waals surface area contributed by atoms with Crippen molar-refractivity contribution in [3.05, 3.63) is 59.9 Å². The third kappa shape index (κ3) is 2.66. The van der Waals surface area contributed by atoms with Crippen molar-refractivity contribution >= 4 is 16.9 Å². The Balaban J connectivity index is 1.48. The average molecular weight is 307 g/mol. The molecule has 1 aliphatic heterocycles. The van der Waals surface area contributed by atoms with E-state index in [4.69, 9.17) is 9.47 Å². The first-order valence-electron chi connectivity index (χ1n) is 7.18. The molecule has 6 nitrogen and oxygen atoms in total. The first-order valence-corrected chi connectivity index (χ1v) is 7.18. The lowest BCUT2D eigenvalue weighted by Gasteiger charge is -2.06. The van der Waals surface area contributed by atoms with Gasteiger partial charge in [0.05, 0.1) is 17.2 Å². The van der Waals surface area contributed by atoms with Crippen LogP contribution in [-0.4, -0.2) is 22.7 Å². The predicted octanol–water partition coefficient (Wildman–Crippen LogP) is 2.29. The first kappa shape index (κ1) is 13.5. The SMILES string of the molecule is O=C(NCc1ccc2c(c1)OCO2)c1cnc2ccccc2n1. The lowest BCUT2D eigenvalue weighted by atomic mass is 10.2. The molecule has 114 valence electrons. The molecule has 0 saturated heterocycles. The summed E-state index contributed by atoms with van der Waals surface area (Å²) in [6.45, 7) is 0.613. The van der Waals surface area contributed by atoms with Crippen LogP contribution in [0.25, 0.3) is 11.0 Å². The summed E-state index contributed by atoms with van der Waals surface area (Å²) >= 11 is 0. The highest BCUT2D eigenvalue weighted by atomic mass is 16.7. The number of ether oxygens (including phenoxy) is 2. The number of aromatic nitrogens is 2. The highest BCUT2D eigenvalue weighted by molar-refractivity contribution is 5.93. The van der Waals surface area contributed by atoms with Gasteiger partial charge in [0.25, 0.3) is 5.91 Å². The molecule has 4 rings (SSSR count). The largest absolute Gasteiger partial charge is 0.454 e. The van der Waals surface area contributed by atoms with Gasteiger partial charge in [-0.1, -0.05) is 18.2 Å². The standard InChI is InChI=1S/C17H13N3O3/c21-17(14-9-18-12-3-1-2-4-13(12)20-14)19-8-11-5-6-15-16(7-11)23-10-22-15/h1-7,9H,8,10H2,(H,19,21). The van der Waals surface area contributed by atoms with Gasteiger partial charge in [0.15, 0.2) is 11.5 Å². The monoisotopic (exact) mass is 307 g/mol. The summed E-state index contributed by atoms with van der Waals surface area (Å²) in [7, 11) is 0. The molecule has 23 heavy (non-hydrogen) atoms. The second-order valence-corrected chi connectivity index (χ2v) is 5.11. The Morgan fingerprint density at radius 2 is 1.91 bits per heavy atom. The molecule has 0 atom stereocenters. The number of nitrogens with zero attached hydrogens (tertiary/aromatic N) is 2. The van der Waals surface area contributed by atoms with Gasteiger partial charge in [-0.3, -0.25) is 9.78 Å². The Labute approximate surface area is 132 Å². The minimum Gasteiger partial charge on any atom is -0.454 e. The van der Waals surface area contributed by atoms with Crippen molar-refractivity contribution in [2.24, 2.45) is 0 Å². The van der Waals surface area contributed by atoms with Crippen molar-refractivity contribution in [3.8, 4) is 11.5 Å². The second-order valence-electron chi connectivity index (χ2n) is 5.11. The third-order valence-corrected chi connectivity index (χ3v) is 3.57. The topological polar surface area (TPSA) is 73.3 Å². The van der Waals surface area contributed by atoms with Crippen LogP contribution in [0.3, 0.4) is 0 Å². The van der Waals surface area contributed by atoms with Gasteiger partial charge in [-0.2, -0.15) is 0 Å². The van der Waals surface area contributed by atoms with Gasteiger partial charge in [0.2, 0.25) is 6.79 Å². The molecular formula is C17H13N3O3. The molecule has 0 fully saturated rings. The van der Waals surface area contributed by atoms with E-state index < -0.39 is 0 Å². The fourth-order valence-corrected chi connectivity index (χ4v) is 2.39. The van der Waals surface area contributed by atoms with Crippen molar-refractivity contribution in [1.29, 1.82) is 0 Å². The van der Waals surface area contributed by atoms with E-state index in [1.54, 1.807) is 0 Å². The second kappa shape index (κ2) is 5.57. The van der Waals surface area contributed by atoms with Crippen molar-refractivity contribution in [2.75, 3.05) is 6.79 Å². The highest BCUT2D eigenvalue weighted by Crippen LogP contribution is 2.32. The Hall–Kier alpha value is -3.15. The minimum absolute atomic E-state index is 0.234. The number of fused-ring (bicyclic) bond motifs is 2. The molecule has 1 aromatic heterocycles. The van der Waals surface area contributed by atoms with Crippen LogP contribution in [0.4, 0.5) is 0 Å². The Kier molecular flexibility index (Phi) is 3.27. The van der Waals surface area contributed by atoms with Crippen LogP contribution in [0.15, 0.2) is 48.7 Å². The number of rotatable bonds is 3. The van der Waals surface area contributed by atoms with E-state index in [-0.39, 0.29) is 12.7 Å². The van der Waals surface area contributed by atoms with Crippen molar-refractivity contribution in [3.63, 3.8) is 0 Å². The highest BCUT2D eigenvalue weighted by Gasteiger charge is 2.14. The summed E-state index contributed by atoms with van der Waals surface area (Å²) < 4.78 is 10.6. The Bertz CT molecular complexity index is 895. The van der Waals surface area contributed by atoms with E-state index in [0.29, 0.717) is 23.5 Å². The number of benzene rings is 2. The van der Waals surface area contributed by atoms with Gasteiger partial charge in [0.1, 0.15) is 5.69 Å². The number of hydrogen-bond donors (Lipinski definition) is 1. The number of para-hydroxylation sites is 2. The smallest absolute Gasteiger partial charge is 0.271 e. The average Bonchev–Trinajstić information content (AvgIpc) is 3.07. The maximum atomic E-state index is 12.2. The van der Waals surface area contributed by atoms with Crippen molar-refractivity contribution < 1.29 is 14.3 Å². The van der Waals surface area contributed by atoms with E-state index in [0.717, 1.165) is 16.8 Å².